The molecular formula is C21H25N3O5. The van der Waals surface area contributed by atoms with E-state index in [1.165, 1.54) is 20.1 Å². The average Bonchev–Trinajstić information content (AvgIpc) is 2.72. The molecule has 154 valence electrons. The maximum absolute atomic E-state index is 12.3. The van der Waals surface area contributed by atoms with E-state index in [9.17, 15) is 14.4 Å². The first-order valence-electron chi connectivity index (χ1n) is 9.12. The van der Waals surface area contributed by atoms with Crippen LogP contribution in [0.15, 0.2) is 48.5 Å². The van der Waals surface area contributed by atoms with Crippen LogP contribution in [-0.4, -0.2) is 37.0 Å². The van der Waals surface area contributed by atoms with E-state index in [-0.39, 0.29) is 17.6 Å². The second kappa shape index (κ2) is 10.1. The minimum absolute atomic E-state index is 0.0459. The SMILES string of the molecule is COc1cc(C(=O)NNC(=O)C(C)NC(=O)c2ccccc2)ccc1OC(C)C. The van der Waals surface area contributed by atoms with Gasteiger partial charge in [-0.1, -0.05) is 18.2 Å². The molecule has 1 unspecified atom stereocenters. The number of amides is 3. The molecule has 0 saturated carbocycles. The van der Waals surface area contributed by atoms with Crippen LogP contribution in [0.25, 0.3) is 0 Å². The standard InChI is InChI=1S/C21H25N3O5/c1-13(2)29-17-11-10-16(12-18(17)28-4)21(27)24-23-19(25)14(3)22-20(26)15-8-6-5-7-9-15/h5-14H,1-4H3,(H,22,26)(H,23,25)(H,24,27). The van der Waals surface area contributed by atoms with Gasteiger partial charge < -0.3 is 14.8 Å². The smallest absolute Gasteiger partial charge is 0.269 e. The van der Waals surface area contributed by atoms with Crippen molar-refractivity contribution in [3.8, 4) is 11.5 Å². The van der Waals surface area contributed by atoms with Crippen LogP contribution in [-0.2, 0) is 4.79 Å². The Hall–Kier alpha value is -3.55. The Bertz CT molecular complexity index is 868. The zero-order valence-electron chi connectivity index (χ0n) is 16.8. The van der Waals surface area contributed by atoms with Crippen molar-refractivity contribution in [3.05, 3.63) is 59.7 Å². The van der Waals surface area contributed by atoms with Gasteiger partial charge in [0.1, 0.15) is 6.04 Å². The Kier molecular flexibility index (Phi) is 7.59. The monoisotopic (exact) mass is 399 g/mol. The first kappa shape index (κ1) is 21.7. The molecule has 0 aromatic heterocycles. The van der Waals surface area contributed by atoms with Gasteiger partial charge in [-0.05, 0) is 51.1 Å². The summed E-state index contributed by atoms with van der Waals surface area (Å²) < 4.78 is 10.9. The lowest BCUT2D eigenvalue weighted by Crippen LogP contribution is -2.51. The molecule has 0 bridgehead atoms. The van der Waals surface area contributed by atoms with Crippen molar-refractivity contribution in [2.45, 2.75) is 32.9 Å². The van der Waals surface area contributed by atoms with E-state index < -0.39 is 17.9 Å². The number of methoxy groups -OCH3 is 1. The van der Waals surface area contributed by atoms with Crippen molar-refractivity contribution < 1.29 is 23.9 Å². The predicted molar refractivity (Wildman–Crippen MR) is 108 cm³/mol. The number of carbonyl (C=O) groups is 3. The van der Waals surface area contributed by atoms with E-state index in [4.69, 9.17) is 9.47 Å². The van der Waals surface area contributed by atoms with Crippen molar-refractivity contribution in [1.29, 1.82) is 0 Å². The molecule has 1 atom stereocenters. The summed E-state index contributed by atoms with van der Waals surface area (Å²) in [4.78, 5) is 36.6. The number of rotatable bonds is 7. The van der Waals surface area contributed by atoms with Gasteiger partial charge >= 0.3 is 0 Å². The third-order valence-electron chi connectivity index (χ3n) is 3.86. The topological polar surface area (TPSA) is 106 Å². The molecule has 2 rings (SSSR count). The lowest BCUT2D eigenvalue weighted by Gasteiger charge is -2.16. The fourth-order valence-corrected chi connectivity index (χ4v) is 2.39. The number of benzene rings is 2. The van der Waals surface area contributed by atoms with E-state index >= 15 is 0 Å². The van der Waals surface area contributed by atoms with E-state index in [0.717, 1.165) is 0 Å². The number of carbonyl (C=O) groups excluding carboxylic acids is 3. The highest BCUT2D eigenvalue weighted by Gasteiger charge is 2.18. The van der Waals surface area contributed by atoms with Crippen molar-refractivity contribution in [2.24, 2.45) is 0 Å². The summed E-state index contributed by atoms with van der Waals surface area (Å²) >= 11 is 0. The maximum atomic E-state index is 12.3. The Morgan fingerprint density at radius 1 is 0.828 bits per heavy atom. The Morgan fingerprint density at radius 2 is 1.52 bits per heavy atom. The van der Waals surface area contributed by atoms with Gasteiger partial charge in [0, 0.05) is 11.1 Å². The number of hydrogen-bond donors (Lipinski definition) is 3. The van der Waals surface area contributed by atoms with Gasteiger partial charge in [0.15, 0.2) is 11.5 Å². The van der Waals surface area contributed by atoms with Gasteiger partial charge in [0.2, 0.25) is 0 Å². The fourth-order valence-electron chi connectivity index (χ4n) is 2.39. The van der Waals surface area contributed by atoms with Crippen LogP contribution >= 0.6 is 0 Å². The zero-order valence-corrected chi connectivity index (χ0v) is 16.8. The molecular weight excluding hydrogens is 374 g/mol. The van der Waals surface area contributed by atoms with Crippen LogP contribution in [0, 0.1) is 0 Å². The molecule has 0 fully saturated rings. The Labute approximate surface area is 169 Å². The summed E-state index contributed by atoms with van der Waals surface area (Å²) in [5.41, 5.74) is 5.33. The molecule has 0 aliphatic carbocycles. The number of ether oxygens (including phenoxy) is 2. The molecule has 0 heterocycles. The highest BCUT2D eigenvalue weighted by molar-refractivity contribution is 5.99. The molecule has 3 amide bonds. The minimum Gasteiger partial charge on any atom is -0.493 e. The van der Waals surface area contributed by atoms with Gasteiger partial charge in [-0.2, -0.15) is 0 Å². The largest absolute Gasteiger partial charge is 0.493 e. The van der Waals surface area contributed by atoms with Gasteiger partial charge in [-0.25, -0.2) is 0 Å². The van der Waals surface area contributed by atoms with Crippen molar-refractivity contribution >= 4 is 17.7 Å². The number of hydrazine groups is 1. The quantitative estimate of drug-likeness (QED) is 0.618. The third-order valence-corrected chi connectivity index (χ3v) is 3.86. The Balaban J connectivity index is 1.92. The normalized spacial score (nSPS) is 11.3. The van der Waals surface area contributed by atoms with Crippen LogP contribution in [0.1, 0.15) is 41.5 Å². The first-order valence-corrected chi connectivity index (χ1v) is 9.12. The molecule has 8 nitrogen and oxygen atoms in total. The summed E-state index contributed by atoms with van der Waals surface area (Å²) in [5, 5.41) is 2.56. The molecule has 0 saturated heterocycles. The van der Waals surface area contributed by atoms with Gasteiger partial charge in [0.05, 0.1) is 13.2 Å². The summed E-state index contributed by atoms with van der Waals surface area (Å²) in [7, 11) is 1.48. The van der Waals surface area contributed by atoms with Gasteiger partial charge in [-0.3, -0.25) is 25.2 Å². The molecule has 0 spiro atoms. The molecule has 3 N–H and O–H groups in total. The lowest BCUT2D eigenvalue weighted by atomic mass is 10.2. The zero-order chi connectivity index (χ0) is 21.4. The summed E-state index contributed by atoms with van der Waals surface area (Å²) in [6.07, 6.45) is -0.0459. The fraction of sp³-hybridized carbons (Fsp3) is 0.286. The van der Waals surface area contributed by atoms with Crippen LogP contribution in [0.2, 0.25) is 0 Å². The van der Waals surface area contributed by atoms with Gasteiger partial charge in [-0.15, -0.1) is 0 Å². The van der Waals surface area contributed by atoms with E-state index in [0.29, 0.717) is 17.1 Å². The second-order valence-electron chi connectivity index (χ2n) is 6.54. The summed E-state index contributed by atoms with van der Waals surface area (Å²) in [6, 6.07) is 12.4. The molecule has 2 aromatic rings. The molecule has 29 heavy (non-hydrogen) atoms. The maximum Gasteiger partial charge on any atom is 0.269 e. The molecule has 0 aliphatic rings. The minimum atomic E-state index is -0.848. The summed E-state index contributed by atoms with van der Waals surface area (Å²) in [6.45, 7) is 5.28. The number of hydrogen-bond acceptors (Lipinski definition) is 5. The summed E-state index contributed by atoms with van der Waals surface area (Å²) in [5.74, 6) is -0.560. The molecule has 0 aliphatic heterocycles. The van der Waals surface area contributed by atoms with E-state index in [2.05, 4.69) is 16.2 Å². The third kappa shape index (κ3) is 6.24. The second-order valence-corrected chi connectivity index (χ2v) is 6.54. The van der Waals surface area contributed by atoms with Crippen LogP contribution in [0.4, 0.5) is 0 Å². The Morgan fingerprint density at radius 3 is 2.14 bits per heavy atom. The van der Waals surface area contributed by atoms with E-state index in [1.54, 1.807) is 42.5 Å². The molecule has 2 aromatic carbocycles. The van der Waals surface area contributed by atoms with Crippen LogP contribution < -0.4 is 25.6 Å². The first-order chi connectivity index (χ1) is 13.8. The predicted octanol–water partition coefficient (Wildman–Crippen LogP) is 2.06. The van der Waals surface area contributed by atoms with Crippen LogP contribution in [0.5, 0.6) is 11.5 Å². The van der Waals surface area contributed by atoms with Crippen LogP contribution in [0.3, 0.4) is 0 Å². The lowest BCUT2D eigenvalue weighted by molar-refractivity contribution is -0.123. The highest BCUT2D eigenvalue weighted by atomic mass is 16.5. The van der Waals surface area contributed by atoms with Gasteiger partial charge in [0.25, 0.3) is 17.7 Å². The highest BCUT2D eigenvalue weighted by Crippen LogP contribution is 2.28. The average molecular weight is 399 g/mol. The van der Waals surface area contributed by atoms with E-state index in [1.807, 2.05) is 13.8 Å². The molecule has 8 heteroatoms. The van der Waals surface area contributed by atoms with Crippen molar-refractivity contribution in [1.82, 2.24) is 16.2 Å². The number of nitrogens with one attached hydrogen (secondary N) is 3. The molecule has 0 radical (unpaired) electrons. The van der Waals surface area contributed by atoms with Crippen molar-refractivity contribution in [3.63, 3.8) is 0 Å². The van der Waals surface area contributed by atoms with Crippen molar-refractivity contribution in [2.75, 3.05) is 7.11 Å².